The molecule has 1 aromatic rings. The van der Waals surface area contributed by atoms with Gasteiger partial charge in [0.2, 0.25) is 11.8 Å². The van der Waals surface area contributed by atoms with Crippen molar-refractivity contribution in [2.75, 3.05) is 33.2 Å². The largest absolute Gasteiger partial charge is 0.345 e. The van der Waals surface area contributed by atoms with Crippen LogP contribution in [0.1, 0.15) is 62.1 Å². The second-order valence-corrected chi connectivity index (χ2v) is 11.1. The third-order valence-corrected chi connectivity index (χ3v) is 8.22. The van der Waals surface area contributed by atoms with E-state index in [1.165, 1.54) is 12.8 Å². The van der Waals surface area contributed by atoms with Crippen LogP contribution in [0.4, 0.5) is 0 Å². The van der Waals surface area contributed by atoms with Crippen molar-refractivity contribution in [3.8, 4) is 0 Å². The molecule has 0 N–H and O–H groups in total. The van der Waals surface area contributed by atoms with E-state index in [-0.39, 0.29) is 29.6 Å². The minimum Gasteiger partial charge on any atom is -0.345 e. The second-order valence-electron chi connectivity index (χ2n) is 10.7. The monoisotopic (exact) mass is 487 g/mol. The number of piperazine rings is 1. The summed E-state index contributed by atoms with van der Waals surface area (Å²) in [6.07, 6.45) is 5.71. The van der Waals surface area contributed by atoms with Gasteiger partial charge in [0, 0.05) is 76.0 Å². The molecule has 4 rings (SSSR count). The number of likely N-dealkylation sites (tertiary alicyclic amines) is 1. The van der Waals surface area contributed by atoms with Gasteiger partial charge in [-0.2, -0.15) is 0 Å². The molecule has 1 saturated carbocycles. The summed E-state index contributed by atoms with van der Waals surface area (Å²) < 4.78 is 0. The standard InChI is InChI=1S/C27H38ClN3O3/c1-18-15-30(8-9-31(18)27(34)21-6-4-5-7-21)17-23-13-24(28)12-22(19(23)2)14-25(32)10-20-11-26(33)29(3)16-20/h12-13,18,20-21H,4-11,14-17H2,1-3H3/t18-,20-/m0/s1. The molecule has 1 aliphatic carbocycles. The summed E-state index contributed by atoms with van der Waals surface area (Å²) >= 11 is 6.46. The summed E-state index contributed by atoms with van der Waals surface area (Å²) in [5.41, 5.74) is 3.25. The van der Waals surface area contributed by atoms with Crippen LogP contribution in [0.5, 0.6) is 0 Å². The Hall–Kier alpha value is -1.92. The van der Waals surface area contributed by atoms with Gasteiger partial charge in [0.05, 0.1) is 0 Å². The SMILES string of the molecule is Cc1c(CC(=O)C[C@H]2CC(=O)N(C)C2)cc(Cl)cc1CN1CCN(C(=O)C2CCCC2)[C@@H](C)C1. The molecule has 2 saturated heterocycles. The molecule has 3 aliphatic rings. The zero-order chi connectivity index (χ0) is 24.4. The maximum atomic E-state index is 12.9. The molecule has 2 aliphatic heterocycles. The molecular weight excluding hydrogens is 450 g/mol. The van der Waals surface area contributed by atoms with Crippen molar-refractivity contribution in [2.24, 2.45) is 11.8 Å². The molecule has 0 spiro atoms. The van der Waals surface area contributed by atoms with Crippen molar-refractivity contribution in [3.05, 3.63) is 33.8 Å². The van der Waals surface area contributed by atoms with Crippen molar-refractivity contribution in [3.63, 3.8) is 0 Å². The van der Waals surface area contributed by atoms with Gasteiger partial charge >= 0.3 is 0 Å². The van der Waals surface area contributed by atoms with Gasteiger partial charge in [-0.1, -0.05) is 24.4 Å². The molecule has 34 heavy (non-hydrogen) atoms. The minimum absolute atomic E-state index is 0.119. The van der Waals surface area contributed by atoms with E-state index in [9.17, 15) is 14.4 Å². The van der Waals surface area contributed by atoms with E-state index >= 15 is 0 Å². The van der Waals surface area contributed by atoms with Crippen LogP contribution in [0.3, 0.4) is 0 Å². The van der Waals surface area contributed by atoms with Crippen molar-refractivity contribution in [1.82, 2.24) is 14.7 Å². The summed E-state index contributed by atoms with van der Waals surface area (Å²) in [6.45, 7) is 8.14. The number of carbonyl (C=O) groups excluding carboxylic acids is 3. The van der Waals surface area contributed by atoms with Gasteiger partial charge in [0.25, 0.3) is 0 Å². The van der Waals surface area contributed by atoms with E-state index in [2.05, 4.69) is 23.6 Å². The first-order chi connectivity index (χ1) is 16.2. The predicted molar refractivity (Wildman–Crippen MR) is 134 cm³/mol. The number of halogens is 1. The number of amides is 2. The lowest BCUT2D eigenvalue weighted by atomic mass is 9.93. The average Bonchev–Trinajstić information content (AvgIpc) is 3.41. The van der Waals surface area contributed by atoms with E-state index in [4.69, 9.17) is 11.6 Å². The van der Waals surface area contributed by atoms with E-state index in [0.29, 0.717) is 36.7 Å². The zero-order valence-electron chi connectivity index (χ0n) is 20.8. The van der Waals surface area contributed by atoms with Crippen LogP contribution in [-0.4, -0.2) is 71.6 Å². The molecule has 6 nitrogen and oxygen atoms in total. The lowest BCUT2D eigenvalue weighted by molar-refractivity contribution is -0.140. The Morgan fingerprint density at radius 1 is 1.09 bits per heavy atom. The van der Waals surface area contributed by atoms with Gasteiger partial charge in [0.1, 0.15) is 5.78 Å². The van der Waals surface area contributed by atoms with Crippen molar-refractivity contribution in [1.29, 1.82) is 0 Å². The van der Waals surface area contributed by atoms with Crippen molar-refractivity contribution >= 4 is 29.2 Å². The lowest BCUT2D eigenvalue weighted by Gasteiger charge is -2.41. The second kappa shape index (κ2) is 10.8. The molecule has 0 radical (unpaired) electrons. The quantitative estimate of drug-likeness (QED) is 0.586. The highest BCUT2D eigenvalue weighted by molar-refractivity contribution is 6.30. The van der Waals surface area contributed by atoms with Crippen LogP contribution in [-0.2, 0) is 27.3 Å². The van der Waals surface area contributed by atoms with Crippen LogP contribution in [0.15, 0.2) is 12.1 Å². The van der Waals surface area contributed by atoms with Gasteiger partial charge in [-0.15, -0.1) is 0 Å². The fourth-order valence-corrected chi connectivity index (χ4v) is 6.26. The normalized spacial score (nSPS) is 24.3. The van der Waals surface area contributed by atoms with Crippen molar-refractivity contribution < 1.29 is 14.4 Å². The van der Waals surface area contributed by atoms with E-state index in [0.717, 1.165) is 55.7 Å². The van der Waals surface area contributed by atoms with Crippen molar-refractivity contribution in [2.45, 2.75) is 71.4 Å². The molecule has 186 valence electrons. The molecule has 2 amide bonds. The maximum absolute atomic E-state index is 12.9. The Balaban J connectivity index is 1.36. The predicted octanol–water partition coefficient (Wildman–Crippen LogP) is 3.85. The molecule has 0 bridgehead atoms. The van der Waals surface area contributed by atoms with Gasteiger partial charge < -0.3 is 9.80 Å². The minimum atomic E-state index is 0.119. The first kappa shape index (κ1) is 25.2. The zero-order valence-corrected chi connectivity index (χ0v) is 21.6. The fraction of sp³-hybridized carbons (Fsp3) is 0.667. The number of hydrogen-bond acceptors (Lipinski definition) is 4. The van der Waals surface area contributed by atoms with Crippen LogP contribution < -0.4 is 0 Å². The smallest absolute Gasteiger partial charge is 0.226 e. The average molecular weight is 488 g/mol. The van der Waals surface area contributed by atoms with E-state index in [1.807, 2.05) is 12.1 Å². The third-order valence-electron chi connectivity index (χ3n) is 8.01. The maximum Gasteiger partial charge on any atom is 0.226 e. The number of hydrogen-bond donors (Lipinski definition) is 0. The third kappa shape index (κ3) is 5.83. The van der Waals surface area contributed by atoms with Crippen LogP contribution in [0.2, 0.25) is 5.02 Å². The highest BCUT2D eigenvalue weighted by Crippen LogP contribution is 2.29. The van der Waals surface area contributed by atoms with Gasteiger partial charge in [0.15, 0.2) is 0 Å². The summed E-state index contributed by atoms with van der Waals surface area (Å²) in [4.78, 5) is 43.7. The summed E-state index contributed by atoms with van der Waals surface area (Å²) in [5.74, 6) is 0.982. The van der Waals surface area contributed by atoms with Crippen LogP contribution >= 0.6 is 11.6 Å². The fourth-order valence-electron chi connectivity index (χ4n) is 6.00. The molecular formula is C27H38ClN3O3. The van der Waals surface area contributed by atoms with Crippen LogP contribution in [0.25, 0.3) is 0 Å². The number of carbonyl (C=O) groups is 3. The number of nitrogens with zero attached hydrogens (tertiary/aromatic N) is 3. The molecule has 2 heterocycles. The highest BCUT2D eigenvalue weighted by atomic mass is 35.5. The molecule has 0 unspecified atom stereocenters. The Morgan fingerprint density at radius 2 is 1.79 bits per heavy atom. The van der Waals surface area contributed by atoms with E-state index in [1.54, 1.807) is 11.9 Å². The molecule has 2 atom stereocenters. The number of ketones is 1. The number of benzene rings is 1. The van der Waals surface area contributed by atoms with E-state index < -0.39 is 0 Å². The summed E-state index contributed by atoms with van der Waals surface area (Å²) in [5, 5.41) is 0.655. The summed E-state index contributed by atoms with van der Waals surface area (Å²) in [6, 6.07) is 4.12. The Labute approximate surface area is 208 Å². The number of rotatable bonds is 7. The highest BCUT2D eigenvalue weighted by Gasteiger charge is 2.33. The lowest BCUT2D eigenvalue weighted by Crippen LogP contribution is -2.54. The first-order valence-electron chi connectivity index (χ1n) is 12.8. The van der Waals surface area contributed by atoms with Crippen LogP contribution in [0, 0.1) is 18.8 Å². The Bertz CT molecular complexity index is 943. The molecule has 3 fully saturated rings. The number of Topliss-reactive ketones (excluding diaryl/α,β-unsaturated/α-hetero) is 1. The Kier molecular flexibility index (Phi) is 7.98. The molecule has 0 aromatic heterocycles. The molecule has 7 heteroatoms. The summed E-state index contributed by atoms with van der Waals surface area (Å²) in [7, 11) is 1.80. The Morgan fingerprint density at radius 3 is 2.44 bits per heavy atom. The van der Waals surface area contributed by atoms with Gasteiger partial charge in [-0.25, -0.2) is 0 Å². The van der Waals surface area contributed by atoms with Gasteiger partial charge in [-0.3, -0.25) is 19.3 Å². The van der Waals surface area contributed by atoms with Gasteiger partial charge in [-0.05, 0) is 61.4 Å². The molecule has 1 aromatic carbocycles. The topological polar surface area (TPSA) is 60.9 Å². The first-order valence-corrected chi connectivity index (χ1v) is 13.2.